The molecule has 0 spiro atoms. The van der Waals surface area contributed by atoms with Crippen molar-refractivity contribution in [3.8, 4) is 0 Å². The van der Waals surface area contributed by atoms with Crippen molar-refractivity contribution in [3.05, 3.63) is 58.3 Å². The van der Waals surface area contributed by atoms with Crippen LogP contribution in [0.25, 0.3) is 11.0 Å². The van der Waals surface area contributed by atoms with Gasteiger partial charge in [-0.1, -0.05) is 19.4 Å². The molecule has 0 bridgehead atoms. The fraction of sp³-hybridized carbons (Fsp3) is 0.500. The lowest BCUT2D eigenvalue weighted by molar-refractivity contribution is 0.0921. The molecule has 0 saturated carbocycles. The van der Waals surface area contributed by atoms with Gasteiger partial charge >= 0.3 is 0 Å². The van der Waals surface area contributed by atoms with Crippen LogP contribution in [-0.4, -0.2) is 39.8 Å². The molecule has 0 radical (unpaired) electrons. The highest BCUT2D eigenvalue weighted by atomic mass is 32.2. The quantitative estimate of drug-likeness (QED) is 0.410. The van der Waals surface area contributed by atoms with Crippen LogP contribution in [0.15, 0.2) is 57.0 Å². The summed E-state index contributed by atoms with van der Waals surface area (Å²) < 4.78 is 3.28. The zero-order valence-corrected chi connectivity index (χ0v) is 19.4. The maximum absolute atomic E-state index is 12.4. The number of likely N-dealkylation sites (tertiary alicyclic amines) is 1. The molecular formula is C24H31N3OS2. The molecule has 0 unspecified atom stereocenters. The smallest absolute Gasteiger partial charge is 0.252 e. The standard InChI is InChI=1S/C24H31N3OS2/c1-2-24(11-15-26(16-12-24)17-19-30-22-7-4-18-29-22)10-5-14-27-21(28)9-8-20-6-3-13-25-23(20)27/h3-4,6-9,13,18H,2,5,10-12,14-17,19H2,1H3. The molecule has 0 N–H and O–H groups in total. The fourth-order valence-corrected chi connectivity index (χ4v) is 6.46. The van der Waals surface area contributed by atoms with Crippen molar-refractivity contribution in [2.45, 2.75) is 49.8 Å². The third-order valence-corrected chi connectivity index (χ3v) is 8.76. The molecule has 3 aromatic heterocycles. The zero-order valence-electron chi connectivity index (χ0n) is 17.8. The third-order valence-electron chi connectivity index (χ3n) is 6.65. The molecule has 0 atom stereocenters. The molecule has 1 aliphatic rings. The van der Waals surface area contributed by atoms with Crippen LogP contribution in [0.4, 0.5) is 0 Å². The number of fused-ring (bicyclic) bond motifs is 1. The van der Waals surface area contributed by atoms with Crippen molar-refractivity contribution in [1.82, 2.24) is 14.5 Å². The Morgan fingerprint density at radius 2 is 2.00 bits per heavy atom. The summed E-state index contributed by atoms with van der Waals surface area (Å²) in [6, 6.07) is 11.8. The number of hydrogen-bond donors (Lipinski definition) is 0. The van der Waals surface area contributed by atoms with E-state index >= 15 is 0 Å². The number of aryl methyl sites for hydroxylation is 1. The van der Waals surface area contributed by atoms with E-state index in [-0.39, 0.29) is 5.56 Å². The Kier molecular flexibility index (Phi) is 7.28. The Morgan fingerprint density at radius 3 is 2.77 bits per heavy atom. The Bertz CT molecular complexity index is 991. The summed E-state index contributed by atoms with van der Waals surface area (Å²) in [7, 11) is 0. The average molecular weight is 442 g/mol. The molecule has 4 heterocycles. The van der Waals surface area contributed by atoms with Crippen LogP contribution in [0.5, 0.6) is 0 Å². The van der Waals surface area contributed by atoms with E-state index in [4.69, 9.17) is 0 Å². The van der Waals surface area contributed by atoms with E-state index in [1.54, 1.807) is 12.3 Å². The van der Waals surface area contributed by atoms with Gasteiger partial charge in [-0.25, -0.2) is 4.98 Å². The van der Waals surface area contributed by atoms with Crippen LogP contribution in [0.2, 0.25) is 0 Å². The van der Waals surface area contributed by atoms with E-state index in [0.717, 1.165) is 24.0 Å². The van der Waals surface area contributed by atoms with Gasteiger partial charge in [-0.3, -0.25) is 9.36 Å². The van der Waals surface area contributed by atoms with Crippen molar-refractivity contribution in [2.75, 3.05) is 25.4 Å². The summed E-state index contributed by atoms with van der Waals surface area (Å²) >= 11 is 3.82. The molecule has 3 aromatic rings. The molecule has 1 saturated heterocycles. The highest BCUT2D eigenvalue weighted by Crippen LogP contribution is 2.39. The van der Waals surface area contributed by atoms with Gasteiger partial charge in [0.1, 0.15) is 5.65 Å². The van der Waals surface area contributed by atoms with Crippen molar-refractivity contribution in [2.24, 2.45) is 5.41 Å². The van der Waals surface area contributed by atoms with E-state index in [0.29, 0.717) is 5.41 Å². The highest BCUT2D eigenvalue weighted by molar-refractivity contribution is 8.01. The average Bonchev–Trinajstić information content (AvgIpc) is 3.30. The summed E-state index contributed by atoms with van der Waals surface area (Å²) in [5.74, 6) is 1.18. The van der Waals surface area contributed by atoms with Gasteiger partial charge in [-0.2, -0.15) is 0 Å². The molecule has 160 valence electrons. The third kappa shape index (κ3) is 5.16. The van der Waals surface area contributed by atoms with Gasteiger partial charge in [0, 0.05) is 36.5 Å². The predicted octanol–water partition coefficient (Wildman–Crippen LogP) is 5.52. The number of rotatable bonds is 9. The van der Waals surface area contributed by atoms with Gasteiger partial charge in [0.2, 0.25) is 0 Å². The lowest BCUT2D eigenvalue weighted by Gasteiger charge is -2.41. The van der Waals surface area contributed by atoms with Crippen LogP contribution in [0.1, 0.15) is 39.0 Å². The Morgan fingerprint density at radius 1 is 1.13 bits per heavy atom. The summed E-state index contributed by atoms with van der Waals surface area (Å²) in [6.07, 6.45) is 7.78. The van der Waals surface area contributed by atoms with Crippen molar-refractivity contribution in [1.29, 1.82) is 0 Å². The Balaban J connectivity index is 1.28. The number of pyridine rings is 2. The first kappa shape index (κ1) is 21.6. The second-order valence-electron chi connectivity index (χ2n) is 8.32. The fourth-order valence-electron chi connectivity index (χ4n) is 4.60. The van der Waals surface area contributed by atoms with Crippen LogP contribution >= 0.6 is 23.1 Å². The molecule has 6 heteroatoms. The van der Waals surface area contributed by atoms with Gasteiger partial charge in [0.25, 0.3) is 5.56 Å². The number of aromatic nitrogens is 2. The minimum atomic E-state index is 0.0600. The summed E-state index contributed by atoms with van der Waals surface area (Å²) in [5.41, 5.74) is 1.30. The minimum Gasteiger partial charge on any atom is -0.302 e. The number of piperidine rings is 1. The van der Waals surface area contributed by atoms with Crippen molar-refractivity contribution < 1.29 is 0 Å². The lowest BCUT2D eigenvalue weighted by atomic mass is 9.73. The van der Waals surface area contributed by atoms with E-state index in [2.05, 4.69) is 34.3 Å². The lowest BCUT2D eigenvalue weighted by Crippen LogP contribution is -2.41. The van der Waals surface area contributed by atoms with Crippen LogP contribution < -0.4 is 5.56 Å². The molecule has 0 aromatic carbocycles. The van der Waals surface area contributed by atoms with Crippen LogP contribution in [0, 0.1) is 5.41 Å². The SMILES string of the molecule is CCC1(CCCn2c(=O)ccc3cccnc32)CCN(CCSc2cccs2)CC1. The first-order valence-corrected chi connectivity index (χ1v) is 12.9. The second kappa shape index (κ2) is 10.1. The first-order chi connectivity index (χ1) is 14.7. The molecule has 1 aliphatic heterocycles. The first-order valence-electron chi connectivity index (χ1n) is 11.0. The van der Waals surface area contributed by atoms with E-state index < -0.39 is 0 Å². The minimum absolute atomic E-state index is 0.0600. The maximum atomic E-state index is 12.4. The summed E-state index contributed by atoms with van der Waals surface area (Å²) in [6.45, 7) is 6.69. The van der Waals surface area contributed by atoms with Gasteiger partial charge in [-0.05, 0) is 73.8 Å². The van der Waals surface area contributed by atoms with Gasteiger partial charge < -0.3 is 4.90 Å². The van der Waals surface area contributed by atoms with Crippen LogP contribution in [-0.2, 0) is 6.54 Å². The molecule has 4 rings (SSSR count). The topological polar surface area (TPSA) is 38.1 Å². The molecule has 0 amide bonds. The molecule has 4 nitrogen and oxygen atoms in total. The monoisotopic (exact) mass is 441 g/mol. The van der Waals surface area contributed by atoms with Gasteiger partial charge in [0.05, 0.1) is 4.21 Å². The van der Waals surface area contributed by atoms with Gasteiger partial charge in [0.15, 0.2) is 0 Å². The normalized spacial score (nSPS) is 16.8. The number of thiophene rings is 1. The second-order valence-corrected chi connectivity index (χ2v) is 10.7. The molecular weight excluding hydrogens is 410 g/mol. The summed E-state index contributed by atoms with van der Waals surface area (Å²) in [5, 5.41) is 3.19. The van der Waals surface area contributed by atoms with Gasteiger partial charge in [-0.15, -0.1) is 23.1 Å². The van der Waals surface area contributed by atoms with E-state index in [9.17, 15) is 4.79 Å². The maximum Gasteiger partial charge on any atom is 0.252 e. The molecule has 30 heavy (non-hydrogen) atoms. The largest absolute Gasteiger partial charge is 0.302 e. The molecule has 0 aliphatic carbocycles. The number of thioether (sulfide) groups is 1. The molecule has 1 fully saturated rings. The summed E-state index contributed by atoms with van der Waals surface area (Å²) in [4.78, 5) is 19.5. The predicted molar refractivity (Wildman–Crippen MR) is 129 cm³/mol. The zero-order chi connectivity index (χ0) is 20.8. The van der Waals surface area contributed by atoms with Crippen LogP contribution in [0.3, 0.4) is 0 Å². The highest BCUT2D eigenvalue weighted by Gasteiger charge is 2.32. The number of hydrogen-bond acceptors (Lipinski definition) is 5. The van der Waals surface area contributed by atoms with Crippen molar-refractivity contribution in [3.63, 3.8) is 0 Å². The Labute approximate surface area is 187 Å². The Hall–Kier alpha value is -1.63. The van der Waals surface area contributed by atoms with E-state index in [1.807, 2.05) is 45.9 Å². The van der Waals surface area contributed by atoms with E-state index in [1.165, 1.54) is 55.3 Å². The number of nitrogens with zero attached hydrogens (tertiary/aromatic N) is 3. The van der Waals surface area contributed by atoms with Crippen molar-refractivity contribution >= 4 is 34.1 Å².